The van der Waals surface area contributed by atoms with Crippen molar-refractivity contribution in [1.82, 2.24) is 4.90 Å². The molecule has 0 saturated heterocycles. The van der Waals surface area contributed by atoms with Crippen molar-refractivity contribution < 1.29 is 0 Å². The van der Waals surface area contributed by atoms with Crippen LogP contribution < -0.4 is 0 Å². The lowest BCUT2D eigenvalue weighted by Gasteiger charge is -2.14. The summed E-state index contributed by atoms with van der Waals surface area (Å²) in [6, 6.07) is 19.6. The number of rotatable bonds is 4. The van der Waals surface area contributed by atoms with Crippen LogP contribution in [0.15, 0.2) is 54.6 Å². The van der Waals surface area contributed by atoms with Crippen LogP contribution in [-0.2, 0) is 19.5 Å². The molecule has 1 nitrogen and oxygen atoms in total. The van der Waals surface area contributed by atoms with E-state index in [0.717, 1.165) is 13.1 Å². The van der Waals surface area contributed by atoms with Gasteiger partial charge >= 0.3 is 0 Å². The van der Waals surface area contributed by atoms with E-state index in [4.69, 9.17) is 0 Å². The Morgan fingerprint density at radius 3 is 2.06 bits per heavy atom. The molecular weight excluding hydrogens is 218 g/mol. The van der Waals surface area contributed by atoms with Crippen molar-refractivity contribution in [2.75, 3.05) is 6.54 Å². The van der Waals surface area contributed by atoms with Crippen LogP contribution in [0.3, 0.4) is 0 Å². The third-order valence-corrected chi connectivity index (χ3v) is 3.69. The first kappa shape index (κ1) is 11.5. The number of aryl methyl sites for hydroxylation is 1. The summed E-state index contributed by atoms with van der Waals surface area (Å²) in [4.78, 5) is 2.55. The monoisotopic (exact) mass is 237 g/mol. The van der Waals surface area contributed by atoms with Crippen LogP contribution in [0.25, 0.3) is 0 Å². The Labute approximate surface area is 109 Å². The van der Waals surface area contributed by atoms with Crippen molar-refractivity contribution in [3.63, 3.8) is 0 Å². The molecule has 0 atom stereocenters. The fourth-order valence-electron chi connectivity index (χ4n) is 2.71. The highest BCUT2D eigenvalue weighted by molar-refractivity contribution is 5.30. The normalized spacial score (nSPS) is 14.7. The molecule has 1 aliphatic rings. The fourth-order valence-corrected chi connectivity index (χ4v) is 2.71. The molecule has 2 aromatic rings. The predicted octanol–water partition coefficient (Wildman–Crippen LogP) is 3.64. The highest BCUT2D eigenvalue weighted by atomic mass is 15.1. The fraction of sp³-hybridized carbons (Fsp3) is 0.294. The van der Waals surface area contributed by atoms with Gasteiger partial charge in [-0.1, -0.05) is 54.6 Å². The third-order valence-electron chi connectivity index (χ3n) is 3.69. The molecule has 2 aromatic carbocycles. The van der Waals surface area contributed by atoms with Gasteiger partial charge in [-0.25, -0.2) is 0 Å². The number of hydrogen-bond acceptors (Lipinski definition) is 1. The van der Waals surface area contributed by atoms with Gasteiger partial charge in [-0.15, -0.1) is 0 Å². The molecule has 0 aromatic heterocycles. The van der Waals surface area contributed by atoms with Crippen LogP contribution >= 0.6 is 0 Å². The molecule has 0 aliphatic carbocycles. The number of hydrogen-bond donors (Lipinski definition) is 0. The molecule has 0 N–H and O–H groups in total. The maximum Gasteiger partial charge on any atom is 0.0240 e. The van der Waals surface area contributed by atoms with Gasteiger partial charge in [-0.3, -0.25) is 4.90 Å². The van der Waals surface area contributed by atoms with Crippen LogP contribution in [0.2, 0.25) is 0 Å². The van der Waals surface area contributed by atoms with E-state index in [1.54, 1.807) is 0 Å². The number of fused-ring (bicyclic) bond motifs is 1. The molecule has 0 fully saturated rings. The van der Waals surface area contributed by atoms with Crippen molar-refractivity contribution in [1.29, 1.82) is 0 Å². The summed E-state index contributed by atoms with van der Waals surface area (Å²) >= 11 is 0. The van der Waals surface area contributed by atoms with E-state index in [0.29, 0.717) is 0 Å². The van der Waals surface area contributed by atoms with Gasteiger partial charge in [-0.2, -0.15) is 0 Å². The van der Waals surface area contributed by atoms with E-state index < -0.39 is 0 Å². The lowest BCUT2D eigenvalue weighted by atomic mass is 10.1. The smallest absolute Gasteiger partial charge is 0.0240 e. The SMILES string of the molecule is c1ccc(CCCN2Cc3ccccc3C2)cc1. The topological polar surface area (TPSA) is 3.24 Å². The Hall–Kier alpha value is -1.60. The van der Waals surface area contributed by atoms with E-state index in [1.807, 2.05) is 0 Å². The second-order valence-electron chi connectivity index (χ2n) is 5.07. The van der Waals surface area contributed by atoms with Crippen LogP contribution in [0.4, 0.5) is 0 Å². The summed E-state index contributed by atoms with van der Waals surface area (Å²) in [6.45, 7) is 3.46. The van der Waals surface area contributed by atoms with Gasteiger partial charge in [0.25, 0.3) is 0 Å². The molecule has 18 heavy (non-hydrogen) atoms. The summed E-state index contributed by atoms with van der Waals surface area (Å²) in [5, 5.41) is 0. The Kier molecular flexibility index (Phi) is 3.42. The van der Waals surface area contributed by atoms with Gasteiger partial charge in [0, 0.05) is 13.1 Å². The summed E-state index contributed by atoms with van der Waals surface area (Å²) in [5.74, 6) is 0. The van der Waals surface area contributed by atoms with Crippen LogP contribution in [0, 0.1) is 0 Å². The van der Waals surface area contributed by atoms with E-state index >= 15 is 0 Å². The quantitative estimate of drug-likeness (QED) is 0.785. The van der Waals surface area contributed by atoms with Gasteiger partial charge in [0.15, 0.2) is 0 Å². The molecule has 92 valence electrons. The van der Waals surface area contributed by atoms with E-state index in [1.165, 1.54) is 36.1 Å². The van der Waals surface area contributed by atoms with Gasteiger partial charge in [0.1, 0.15) is 0 Å². The standard InChI is InChI=1S/C17H19N/c1-2-7-15(8-3-1)9-6-12-18-13-16-10-4-5-11-17(16)14-18/h1-5,7-8,10-11H,6,9,12-14H2. The van der Waals surface area contributed by atoms with Crippen molar-refractivity contribution in [2.45, 2.75) is 25.9 Å². The van der Waals surface area contributed by atoms with Crippen molar-refractivity contribution in [2.24, 2.45) is 0 Å². The molecule has 0 radical (unpaired) electrons. The average Bonchev–Trinajstić information content (AvgIpc) is 2.82. The van der Waals surface area contributed by atoms with Crippen molar-refractivity contribution in [3.05, 3.63) is 71.3 Å². The van der Waals surface area contributed by atoms with Gasteiger partial charge in [0.05, 0.1) is 0 Å². The van der Waals surface area contributed by atoms with Crippen LogP contribution in [0.5, 0.6) is 0 Å². The maximum absolute atomic E-state index is 2.55. The van der Waals surface area contributed by atoms with E-state index in [-0.39, 0.29) is 0 Å². The average molecular weight is 237 g/mol. The zero-order valence-corrected chi connectivity index (χ0v) is 10.7. The maximum atomic E-state index is 2.55. The Morgan fingerprint density at radius 1 is 0.778 bits per heavy atom. The van der Waals surface area contributed by atoms with Crippen LogP contribution in [0.1, 0.15) is 23.1 Å². The van der Waals surface area contributed by atoms with Gasteiger partial charge in [0.2, 0.25) is 0 Å². The summed E-state index contributed by atoms with van der Waals surface area (Å²) in [7, 11) is 0. The number of nitrogens with zero attached hydrogens (tertiary/aromatic N) is 1. The Balaban J connectivity index is 1.49. The lowest BCUT2D eigenvalue weighted by Crippen LogP contribution is -2.18. The minimum atomic E-state index is 1.13. The first-order chi connectivity index (χ1) is 8.92. The second kappa shape index (κ2) is 5.36. The molecular formula is C17H19N. The Morgan fingerprint density at radius 2 is 1.39 bits per heavy atom. The highest BCUT2D eigenvalue weighted by Gasteiger charge is 2.17. The number of benzene rings is 2. The molecule has 1 heterocycles. The van der Waals surface area contributed by atoms with E-state index in [9.17, 15) is 0 Å². The molecule has 0 amide bonds. The summed E-state index contributed by atoms with van der Waals surface area (Å²) in [6.07, 6.45) is 2.44. The first-order valence-corrected chi connectivity index (χ1v) is 6.75. The summed E-state index contributed by atoms with van der Waals surface area (Å²) in [5.41, 5.74) is 4.48. The minimum Gasteiger partial charge on any atom is -0.295 e. The molecule has 0 unspecified atom stereocenters. The zero-order chi connectivity index (χ0) is 12.2. The summed E-state index contributed by atoms with van der Waals surface area (Å²) < 4.78 is 0. The van der Waals surface area contributed by atoms with E-state index in [2.05, 4.69) is 59.5 Å². The van der Waals surface area contributed by atoms with Crippen molar-refractivity contribution >= 4 is 0 Å². The third kappa shape index (κ3) is 2.62. The first-order valence-electron chi connectivity index (χ1n) is 6.75. The molecule has 3 rings (SSSR count). The van der Waals surface area contributed by atoms with Crippen molar-refractivity contribution in [3.8, 4) is 0 Å². The largest absolute Gasteiger partial charge is 0.295 e. The molecule has 0 spiro atoms. The molecule has 0 saturated carbocycles. The molecule has 0 bridgehead atoms. The second-order valence-corrected chi connectivity index (χ2v) is 5.07. The Bertz CT molecular complexity index is 479. The molecule has 1 heteroatoms. The molecule has 1 aliphatic heterocycles. The zero-order valence-electron chi connectivity index (χ0n) is 10.7. The van der Waals surface area contributed by atoms with Crippen LogP contribution in [-0.4, -0.2) is 11.4 Å². The van der Waals surface area contributed by atoms with Gasteiger partial charge < -0.3 is 0 Å². The predicted molar refractivity (Wildman–Crippen MR) is 75.3 cm³/mol. The lowest BCUT2D eigenvalue weighted by molar-refractivity contribution is 0.280. The van der Waals surface area contributed by atoms with Gasteiger partial charge in [-0.05, 0) is 36.1 Å². The minimum absolute atomic E-state index is 1.13. The highest BCUT2D eigenvalue weighted by Crippen LogP contribution is 2.22.